The number of hydrogen-bond acceptors (Lipinski definition) is 16. The summed E-state index contributed by atoms with van der Waals surface area (Å²) < 4.78 is 88.2. The van der Waals surface area contributed by atoms with E-state index in [1.54, 1.807) is 45.2 Å². The van der Waals surface area contributed by atoms with Gasteiger partial charge < -0.3 is 62.6 Å². The first-order valence-corrected chi connectivity index (χ1v) is 33.0. The minimum absolute atomic E-state index is 0.0270. The molecule has 0 spiro atoms. The van der Waals surface area contributed by atoms with Crippen molar-refractivity contribution < 1.29 is 70.2 Å². The minimum atomic E-state index is -3.76. The summed E-state index contributed by atoms with van der Waals surface area (Å²) in [5.74, 6) is 0.240. The first-order valence-electron chi connectivity index (χ1n) is 31.6. The van der Waals surface area contributed by atoms with Gasteiger partial charge in [0, 0.05) is 48.5 Å². The maximum atomic E-state index is 14.3. The van der Waals surface area contributed by atoms with Crippen molar-refractivity contribution in [1.82, 2.24) is 14.2 Å². The number of pyridine rings is 1. The maximum absolute atomic E-state index is 14.3. The summed E-state index contributed by atoms with van der Waals surface area (Å²) in [4.78, 5) is 52.8. The lowest BCUT2D eigenvalue weighted by Gasteiger charge is -2.31. The van der Waals surface area contributed by atoms with Crippen molar-refractivity contribution in [2.45, 2.75) is 89.4 Å². The van der Waals surface area contributed by atoms with Crippen LogP contribution in [0.2, 0.25) is 0 Å². The molecule has 0 unspecified atom stereocenters. The van der Waals surface area contributed by atoms with Crippen LogP contribution in [0.5, 0.6) is 17.2 Å². The standard InChI is InChI=1S/C72H88N4O16S/c1-71(2,3)62-47-65(66(91-52-54-17-11-8-12-18-54)48-63(62)74-70(80)61-51-75(50-53-15-9-7-10-16-53)64-20-14-13-19-60(64)68(61)78)90-46-44-88-42-40-86-38-36-84-34-33-83-35-37-85-39-41-87-43-45-89-58-25-21-55(22-26-58)56-29-31-76(32-30-56)93(81,82)59-27-23-57(24-28-59)69(79)73-49-67(77)92-72(4,5)6/h7-28,47-48,51,56H,29-46,49-50,52H2,1-6H3,(H,73,79)(H,74,80). The molecule has 21 heteroatoms. The van der Waals surface area contributed by atoms with Crippen LogP contribution in [-0.4, -0.2) is 153 Å². The van der Waals surface area contributed by atoms with Crippen LogP contribution < -0.4 is 30.3 Å². The van der Waals surface area contributed by atoms with Crippen LogP contribution >= 0.6 is 0 Å². The van der Waals surface area contributed by atoms with Crippen LogP contribution in [0.25, 0.3) is 10.9 Å². The molecule has 1 aliphatic heterocycles. The molecule has 1 aromatic heterocycles. The van der Waals surface area contributed by atoms with E-state index in [9.17, 15) is 27.6 Å². The van der Waals surface area contributed by atoms with Crippen molar-refractivity contribution in [3.63, 3.8) is 0 Å². The van der Waals surface area contributed by atoms with Gasteiger partial charge in [-0.25, -0.2) is 8.42 Å². The number of piperidine rings is 1. The van der Waals surface area contributed by atoms with Crippen molar-refractivity contribution in [1.29, 1.82) is 0 Å². The van der Waals surface area contributed by atoms with E-state index in [4.69, 9.17) is 47.4 Å². The third-order valence-corrected chi connectivity index (χ3v) is 16.9. The van der Waals surface area contributed by atoms with Gasteiger partial charge in [0.1, 0.15) is 43.3 Å². The third-order valence-electron chi connectivity index (χ3n) is 15.0. The normalized spacial score (nSPS) is 13.2. The molecule has 1 fully saturated rings. The van der Waals surface area contributed by atoms with Crippen LogP contribution in [-0.2, 0) is 66.5 Å². The van der Waals surface area contributed by atoms with E-state index < -0.39 is 38.8 Å². The molecule has 2 amide bonds. The molecule has 2 heterocycles. The second kappa shape index (κ2) is 35.3. The van der Waals surface area contributed by atoms with Gasteiger partial charge in [-0.3, -0.25) is 19.2 Å². The molecule has 0 saturated carbocycles. The van der Waals surface area contributed by atoms with Gasteiger partial charge in [-0.05, 0) is 122 Å². The maximum Gasteiger partial charge on any atom is 0.325 e. The van der Waals surface area contributed by atoms with E-state index in [0.717, 1.165) is 33.5 Å². The zero-order valence-corrected chi connectivity index (χ0v) is 55.0. The summed E-state index contributed by atoms with van der Waals surface area (Å²) in [6, 6.07) is 44.3. The number of amides is 2. The molecule has 93 heavy (non-hydrogen) atoms. The number of nitrogens with zero attached hydrogens (tertiary/aromatic N) is 2. The average Bonchev–Trinajstić information content (AvgIpc) is 0.798. The Morgan fingerprint density at radius 2 is 1.08 bits per heavy atom. The van der Waals surface area contributed by atoms with E-state index in [0.29, 0.717) is 141 Å². The molecule has 1 aliphatic rings. The minimum Gasteiger partial charge on any atom is -0.491 e. The fraction of sp³-hybridized carbons (Fsp3) is 0.417. The summed E-state index contributed by atoms with van der Waals surface area (Å²) >= 11 is 0. The lowest BCUT2D eigenvalue weighted by Crippen LogP contribution is -2.38. The highest BCUT2D eigenvalue weighted by molar-refractivity contribution is 7.89. The lowest BCUT2D eigenvalue weighted by molar-refractivity contribution is -0.153. The Labute approximate surface area is 545 Å². The number of anilines is 1. The highest BCUT2D eigenvalue weighted by atomic mass is 32.2. The Morgan fingerprint density at radius 1 is 0.559 bits per heavy atom. The average molecular weight is 1300 g/mol. The smallest absolute Gasteiger partial charge is 0.325 e. The molecule has 8 rings (SSSR count). The van der Waals surface area contributed by atoms with Gasteiger partial charge in [-0.1, -0.05) is 106 Å². The number of carbonyl (C=O) groups is 3. The number of benzene rings is 6. The number of hydrogen-bond donors (Lipinski definition) is 2. The van der Waals surface area contributed by atoms with E-state index in [2.05, 4.69) is 10.6 Å². The predicted molar refractivity (Wildman–Crippen MR) is 355 cm³/mol. The fourth-order valence-corrected chi connectivity index (χ4v) is 11.8. The molecule has 2 N–H and O–H groups in total. The topological polar surface area (TPSA) is 227 Å². The van der Waals surface area contributed by atoms with Crippen LogP contribution in [0, 0.1) is 0 Å². The van der Waals surface area contributed by atoms with Gasteiger partial charge in [0.15, 0.2) is 11.5 Å². The number of aromatic nitrogens is 1. The Bertz CT molecular complexity index is 3660. The third kappa shape index (κ3) is 22.3. The second-order valence-corrected chi connectivity index (χ2v) is 26.2. The van der Waals surface area contributed by atoms with Gasteiger partial charge in [-0.2, -0.15) is 4.31 Å². The summed E-state index contributed by atoms with van der Waals surface area (Å²) in [5.41, 5.74) is 3.94. The number of sulfonamides is 1. The quantitative estimate of drug-likeness (QED) is 0.0275. The van der Waals surface area contributed by atoms with Gasteiger partial charge in [0.05, 0.1) is 89.7 Å². The van der Waals surface area contributed by atoms with E-state index in [1.807, 2.05) is 128 Å². The molecule has 498 valence electrons. The number of rotatable bonds is 36. The van der Waals surface area contributed by atoms with Crippen LogP contribution in [0.3, 0.4) is 0 Å². The molecule has 0 atom stereocenters. The zero-order chi connectivity index (χ0) is 66.1. The number of nitrogens with one attached hydrogen (secondary N) is 2. The first-order chi connectivity index (χ1) is 44.8. The molecular formula is C72H88N4O16S. The van der Waals surface area contributed by atoms with Gasteiger partial charge in [-0.15, -0.1) is 0 Å². The van der Waals surface area contributed by atoms with Crippen LogP contribution in [0.15, 0.2) is 161 Å². The summed E-state index contributed by atoms with van der Waals surface area (Å²) in [6.45, 7) is 17.9. The summed E-state index contributed by atoms with van der Waals surface area (Å²) in [5, 5.41) is 6.04. The monoisotopic (exact) mass is 1300 g/mol. The molecule has 7 aromatic rings. The zero-order valence-electron chi connectivity index (χ0n) is 54.2. The molecule has 20 nitrogen and oxygen atoms in total. The van der Waals surface area contributed by atoms with Crippen LogP contribution in [0.1, 0.15) is 103 Å². The van der Waals surface area contributed by atoms with Crippen molar-refractivity contribution >= 4 is 44.4 Å². The summed E-state index contributed by atoms with van der Waals surface area (Å²) in [7, 11) is -3.76. The van der Waals surface area contributed by atoms with Crippen molar-refractivity contribution in [3.05, 3.63) is 195 Å². The van der Waals surface area contributed by atoms with Gasteiger partial charge in [0.2, 0.25) is 15.5 Å². The first kappa shape index (κ1) is 70.9. The number of fused-ring (bicyclic) bond motifs is 1. The number of esters is 1. The highest BCUT2D eigenvalue weighted by Gasteiger charge is 2.31. The SMILES string of the molecule is CC(C)(C)OC(=O)CNC(=O)c1ccc(S(=O)(=O)N2CCC(c3ccc(OCCOCCOCCOCCOCCOCCOCCOc4cc(C(C)(C)C)c(NC(=O)c5cn(Cc6ccccc6)c6ccccc6c5=O)cc4OCc4ccccc4)cc3)CC2)cc1. The fourth-order valence-electron chi connectivity index (χ4n) is 10.3. The molecule has 1 saturated heterocycles. The molecule has 0 aliphatic carbocycles. The van der Waals surface area contributed by atoms with E-state index >= 15 is 0 Å². The Balaban J connectivity index is 0.645. The van der Waals surface area contributed by atoms with Gasteiger partial charge >= 0.3 is 5.97 Å². The molecule has 0 radical (unpaired) electrons. The predicted octanol–water partition coefficient (Wildman–Crippen LogP) is 10.4. The van der Waals surface area contributed by atoms with Crippen molar-refractivity contribution in [2.24, 2.45) is 0 Å². The Kier molecular flexibility index (Phi) is 26.9. The van der Waals surface area contributed by atoms with E-state index in [1.165, 1.54) is 28.6 Å². The number of para-hydroxylation sites is 1. The highest BCUT2D eigenvalue weighted by Crippen LogP contribution is 2.40. The summed E-state index contributed by atoms with van der Waals surface area (Å²) in [6.07, 6.45) is 2.97. The molecule has 0 bridgehead atoms. The lowest BCUT2D eigenvalue weighted by atomic mass is 9.85. The Morgan fingerprint density at radius 3 is 1.63 bits per heavy atom. The van der Waals surface area contributed by atoms with Crippen molar-refractivity contribution in [3.8, 4) is 17.2 Å². The number of ether oxygens (including phenoxy) is 10. The molecular weight excluding hydrogens is 1210 g/mol. The van der Waals surface area contributed by atoms with Crippen LogP contribution in [0.4, 0.5) is 5.69 Å². The Hall–Kier alpha value is -7.99. The van der Waals surface area contributed by atoms with Gasteiger partial charge in [0.25, 0.3) is 11.8 Å². The van der Waals surface area contributed by atoms with E-state index in [-0.39, 0.29) is 47.1 Å². The molecule has 6 aromatic carbocycles. The van der Waals surface area contributed by atoms with Crippen molar-refractivity contribution in [2.75, 3.05) is 117 Å². The second-order valence-electron chi connectivity index (χ2n) is 24.2. The largest absolute Gasteiger partial charge is 0.491 e. The number of carbonyl (C=O) groups excluding carboxylic acids is 3.